The van der Waals surface area contributed by atoms with E-state index in [1.807, 2.05) is 0 Å². The summed E-state index contributed by atoms with van der Waals surface area (Å²) in [6, 6.07) is 0.518. The fraction of sp³-hybridized carbons (Fsp3) is 1.00. The summed E-state index contributed by atoms with van der Waals surface area (Å²) >= 11 is 0. The first kappa shape index (κ1) is 15.9. The summed E-state index contributed by atoms with van der Waals surface area (Å²) in [6.45, 7) is 10.3. The lowest BCUT2D eigenvalue weighted by Crippen LogP contribution is -2.42. The van der Waals surface area contributed by atoms with Crippen LogP contribution >= 0.6 is 0 Å². The molecule has 0 aromatic rings. The summed E-state index contributed by atoms with van der Waals surface area (Å²) in [4.78, 5) is 0. The zero-order valence-corrected chi connectivity index (χ0v) is 12.5. The van der Waals surface area contributed by atoms with Crippen LogP contribution in [0.1, 0.15) is 59.8 Å². The van der Waals surface area contributed by atoms with Crippen molar-refractivity contribution in [3.05, 3.63) is 0 Å². The second-order valence-corrected chi connectivity index (χ2v) is 6.83. The van der Waals surface area contributed by atoms with Crippen LogP contribution in [0.2, 0.25) is 0 Å². The quantitative estimate of drug-likeness (QED) is 0.769. The molecule has 3 atom stereocenters. The molecule has 1 saturated heterocycles. The van der Waals surface area contributed by atoms with Crippen molar-refractivity contribution >= 4 is 0 Å². The lowest BCUT2D eigenvalue weighted by atomic mass is 9.89. The van der Waals surface area contributed by atoms with Crippen LogP contribution in [0.15, 0.2) is 0 Å². The third-order valence-electron chi connectivity index (χ3n) is 3.47. The number of rotatable bonds is 6. The highest BCUT2D eigenvalue weighted by atomic mass is 16.5. The van der Waals surface area contributed by atoms with Crippen LogP contribution in [-0.4, -0.2) is 36.5 Å². The number of hydrogen-bond acceptors (Lipinski definition) is 3. The van der Waals surface area contributed by atoms with Gasteiger partial charge in [-0.2, -0.15) is 0 Å². The average Bonchev–Trinajstić information content (AvgIpc) is 2.25. The first-order chi connectivity index (χ1) is 8.40. The third kappa shape index (κ3) is 6.72. The predicted octanol–water partition coefficient (Wildman–Crippen LogP) is 2.72. The molecule has 3 nitrogen and oxygen atoms in total. The van der Waals surface area contributed by atoms with E-state index in [9.17, 15) is 5.11 Å². The van der Waals surface area contributed by atoms with Crippen molar-refractivity contribution in [1.29, 1.82) is 0 Å². The average molecular weight is 257 g/mol. The largest absolute Gasteiger partial charge is 0.392 e. The normalized spacial score (nSPS) is 27.2. The van der Waals surface area contributed by atoms with Crippen molar-refractivity contribution in [2.45, 2.75) is 78.0 Å². The maximum absolute atomic E-state index is 9.99. The van der Waals surface area contributed by atoms with Crippen molar-refractivity contribution in [1.82, 2.24) is 5.32 Å². The summed E-state index contributed by atoms with van der Waals surface area (Å²) in [5, 5.41) is 13.5. The molecule has 1 rings (SSSR count). The lowest BCUT2D eigenvalue weighted by Gasteiger charge is -2.31. The minimum Gasteiger partial charge on any atom is -0.392 e. The van der Waals surface area contributed by atoms with Crippen LogP contribution in [0.4, 0.5) is 0 Å². The fourth-order valence-electron chi connectivity index (χ4n) is 2.67. The minimum absolute atomic E-state index is 0.196. The fourth-order valence-corrected chi connectivity index (χ4v) is 2.67. The van der Waals surface area contributed by atoms with E-state index >= 15 is 0 Å². The molecule has 3 unspecified atom stereocenters. The molecule has 0 aromatic carbocycles. The monoisotopic (exact) mass is 257 g/mol. The predicted molar refractivity (Wildman–Crippen MR) is 75.8 cm³/mol. The van der Waals surface area contributed by atoms with Gasteiger partial charge in [-0.3, -0.25) is 0 Å². The molecule has 1 aliphatic heterocycles. The number of aliphatic hydroxyl groups excluding tert-OH is 1. The summed E-state index contributed by atoms with van der Waals surface area (Å²) in [7, 11) is 0. The van der Waals surface area contributed by atoms with E-state index in [0.717, 1.165) is 32.3 Å². The van der Waals surface area contributed by atoms with E-state index in [4.69, 9.17) is 4.74 Å². The Morgan fingerprint density at radius 1 is 1.39 bits per heavy atom. The highest BCUT2D eigenvalue weighted by molar-refractivity contribution is 4.79. The molecular formula is C15H31NO2. The molecule has 1 aliphatic rings. The molecule has 0 saturated carbocycles. The summed E-state index contributed by atoms with van der Waals surface area (Å²) < 4.78 is 5.73. The van der Waals surface area contributed by atoms with E-state index in [1.54, 1.807) is 0 Å². The molecule has 1 fully saturated rings. The van der Waals surface area contributed by atoms with Gasteiger partial charge >= 0.3 is 0 Å². The van der Waals surface area contributed by atoms with E-state index in [-0.39, 0.29) is 11.5 Å². The lowest BCUT2D eigenvalue weighted by molar-refractivity contribution is -0.00581. The van der Waals surface area contributed by atoms with Crippen molar-refractivity contribution < 1.29 is 9.84 Å². The molecule has 18 heavy (non-hydrogen) atoms. The van der Waals surface area contributed by atoms with Gasteiger partial charge in [0.05, 0.1) is 12.2 Å². The van der Waals surface area contributed by atoms with Crippen molar-refractivity contribution in [3.8, 4) is 0 Å². The summed E-state index contributed by atoms with van der Waals surface area (Å²) in [6.07, 6.45) is 5.53. The van der Waals surface area contributed by atoms with Crippen LogP contribution < -0.4 is 5.32 Å². The first-order valence-corrected chi connectivity index (χ1v) is 7.43. The molecule has 0 bridgehead atoms. The Kier molecular flexibility index (Phi) is 6.61. The Morgan fingerprint density at radius 3 is 2.72 bits per heavy atom. The van der Waals surface area contributed by atoms with Crippen LogP contribution in [-0.2, 0) is 4.74 Å². The van der Waals surface area contributed by atoms with Gasteiger partial charge in [0.1, 0.15) is 0 Å². The zero-order valence-electron chi connectivity index (χ0n) is 12.5. The van der Waals surface area contributed by atoms with Crippen LogP contribution in [0, 0.1) is 5.41 Å². The number of nitrogens with one attached hydrogen (secondary N) is 1. The highest BCUT2D eigenvalue weighted by Crippen LogP contribution is 2.21. The van der Waals surface area contributed by atoms with Crippen molar-refractivity contribution in [3.63, 3.8) is 0 Å². The maximum Gasteiger partial charge on any atom is 0.0669 e. The van der Waals surface area contributed by atoms with Gasteiger partial charge in [0.25, 0.3) is 0 Å². The Balaban J connectivity index is 2.22. The topological polar surface area (TPSA) is 41.5 Å². The van der Waals surface area contributed by atoms with Crippen LogP contribution in [0.5, 0.6) is 0 Å². The Bertz CT molecular complexity index is 223. The molecule has 0 aromatic heterocycles. The van der Waals surface area contributed by atoms with Gasteiger partial charge < -0.3 is 15.2 Å². The van der Waals surface area contributed by atoms with Crippen molar-refractivity contribution in [2.24, 2.45) is 5.41 Å². The van der Waals surface area contributed by atoms with Crippen LogP contribution in [0.25, 0.3) is 0 Å². The molecule has 108 valence electrons. The smallest absolute Gasteiger partial charge is 0.0669 e. The molecule has 3 heteroatoms. The number of hydrogen-bond donors (Lipinski definition) is 2. The van der Waals surface area contributed by atoms with Gasteiger partial charge in [-0.1, -0.05) is 34.1 Å². The van der Waals surface area contributed by atoms with Gasteiger partial charge in [0.2, 0.25) is 0 Å². The second kappa shape index (κ2) is 7.46. The van der Waals surface area contributed by atoms with E-state index in [1.165, 1.54) is 6.42 Å². The molecule has 2 N–H and O–H groups in total. The first-order valence-electron chi connectivity index (χ1n) is 7.43. The van der Waals surface area contributed by atoms with Gasteiger partial charge in [-0.15, -0.1) is 0 Å². The van der Waals surface area contributed by atoms with Gasteiger partial charge in [0.15, 0.2) is 0 Å². The molecular weight excluding hydrogens is 226 g/mol. The SMILES string of the molecule is CCCC1CC(NCC(O)CC(C)(C)C)CCO1. The van der Waals surface area contributed by atoms with E-state index in [0.29, 0.717) is 18.7 Å². The summed E-state index contributed by atoms with van der Waals surface area (Å²) in [5.74, 6) is 0. The molecule has 1 heterocycles. The second-order valence-electron chi connectivity index (χ2n) is 6.83. The number of ether oxygens (including phenoxy) is 1. The molecule has 0 spiro atoms. The zero-order chi connectivity index (χ0) is 13.6. The Morgan fingerprint density at radius 2 is 2.11 bits per heavy atom. The molecule has 0 radical (unpaired) electrons. The standard InChI is InChI=1S/C15H31NO2/c1-5-6-14-9-12(7-8-18-14)16-11-13(17)10-15(2,3)4/h12-14,16-17H,5-11H2,1-4H3. The van der Waals surface area contributed by atoms with Gasteiger partial charge in [0, 0.05) is 19.2 Å². The minimum atomic E-state index is -0.238. The molecule has 0 aliphatic carbocycles. The van der Waals surface area contributed by atoms with Gasteiger partial charge in [-0.05, 0) is 31.1 Å². The molecule has 0 amide bonds. The number of aliphatic hydroxyl groups is 1. The van der Waals surface area contributed by atoms with Gasteiger partial charge in [-0.25, -0.2) is 0 Å². The van der Waals surface area contributed by atoms with E-state index in [2.05, 4.69) is 33.0 Å². The maximum atomic E-state index is 9.99. The summed E-state index contributed by atoms with van der Waals surface area (Å²) in [5.41, 5.74) is 0.196. The van der Waals surface area contributed by atoms with Crippen LogP contribution in [0.3, 0.4) is 0 Å². The Labute approximate surface area is 112 Å². The Hall–Kier alpha value is -0.120. The third-order valence-corrected chi connectivity index (χ3v) is 3.47. The highest BCUT2D eigenvalue weighted by Gasteiger charge is 2.23. The van der Waals surface area contributed by atoms with E-state index < -0.39 is 0 Å². The van der Waals surface area contributed by atoms with Crippen molar-refractivity contribution in [2.75, 3.05) is 13.2 Å².